The minimum Gasteiger partial charge on any atom is -0.494 e. The van der Waals surface area contributed by atoms with Crippen LogP contribution >= 0.6 is 0 Å². The Labute approximate surface area is 169 Å². The van der Waals surface area contributed by atoms with Crippen LogP contribution in [0.5, 0.6) is 5.75 Å². The Kier molecular flexibility index (Phi) is 5.88. The maximum atomic E-state index is 8.88. The summed E-state index contributed by atoms with van der Waals surface area (Å²) in [6.07, 6.45) is 4.15. The molecule has 5 heteroatoms. The van der Waals surface area contributed by atoms with Crippen molar-refractivity contribution in [2.24, 2.45) is 0 Å². The molecule has 0 amide bonds. The van der Waals surface area contributed by atoms with Crippen molar-refractivity contribution in [1.82, 2.24) is 15.0 Å². The Morgan fingerprint density at radius 3 is 1.83 bits per heavy atom. The van der Waals surface area contributed by atoms with Gasteiger partial charge < -0.3 is 9.84 Å². The summed E-state index contributed by atoms with van der Waals surface area (Å²) in [5, 5.41) is 8.88. The SMILES string of the molecule is OCCCOc1ccc(-c2cc(-c3ccccn3)nc(-c3ccccn3)c2)cc1. The van der Waals surface area contributed by atoms with E-state index in [1.54, 1.807) is 12.4 Å². The zero-order chi connectivity index (χ0) is 19.9. The number of pyridine rings is 3. The van der Waals surface area contributed by atoms with Crippen molar-refractivity contribution in [3.63, 3.8) is 0 Å². The molecule has 0 radical (unpaired) electrons. The smallest absolute Gasteiger partial charge is 0.119 e. The van der Waals surface area contributed by atoms with Gasteiger partial charge in [0.25, 0.3) is 0 Å². The van der Waals surface area contributed by atoms with Crippen LogP contribution < -0.4 is 4.74 Å². The summed E-state index contributed by atoms with van der Waals surface area (Å²) in [5.41, 5.74) is 5.31. The maximum Gasteiger partial charge on any atom is 0.119 e. The van der Waals surface area contributed by atoms with Crippen molar-refractivity contribution in [1.29, 1.82) is 0 Å². The average molecular weight is 383 g/mol. The summed E-state index contributed by atoms with van der Waals surface area (Å²) in [6.45, 7) is 0.625. The van der Waals surface area contributed by atoms with Gasteiger partial charge in [-0.2, -0.15) is 0 Å². The number of hydrogen-bond acceptors (Lipinski definition) is 5. The summed E-state index contributed by atoms with van der Waals surface area (Å²) in [7, 11) is 0. The second kappa shape index (κ2) is 9.08. The second-order valence-corrected chi connectivity index (χ2v) is 6.51. The van der Waals surface area contributed by atoms with Gasteiger partial charge >= 0.3 is 0 Å². The summed E-state index contributed by atoms with van der Waals surface area (Å²) < 4.78 is 5.63. The molecule has 4 rings (SSSR count). The first-order chi connectivity index (χ1) is 14.3. The fourth-order valence-electron chi connectivity index (χ4n) is 2.99. The summed E-state index contributed by atoms with van der Waals surface area (Å²) in [6, 6.07) is 23.6. The Balaban J connectivity index is 1.72. The highest BCUT2D eigenvalue weighted by Gasteiger charge is 2.10. The molecule has 0 fully saturated rings. The highest BCUT2D eigenvalue weighted by molar-refractivity contribution is 5.74. The summed E-state index contributed by atoms with van der Waals surface area (Å²) in [5.74, 6) is 0.783. The largest absolute Gasteiger partial charge is 0.494 e. The first-order valence-corrected chi connectivity index (χ1v) is 9.52. The highest BCUT2D eigenvalue weighted by atomic mass is 16.5. The molecular formula is C24H21N3O2. The number of aliphatic hydroxyl groups excluding tert-OH is 1. The lowest BCUT2D eigenvalue weighted by Gasteiger charge is -2.10. The molecule has 4 aromatic rings. The molecule has 0 aliphatic rings. The number of rotatable bonds is 7. The monoisotopic (exact) mass is 383 g/mol. The molecule has 0 saturated heterocycles. The van der Waals surface area contributed by atoms with Crippen molar-refractivity contribution < 1.29 is 9.84 Å². The summed E-state index contributed by atoms with van der Waals surface area (Å²) in [4.78, 5) is 13.7. The van der Waals surface area contributed by atoms with Crippen LogP contribution in [0.4, 0.5) is 0 Å². The molecule has 29 heavy (non-hydrogen) atoms. The van der Waals surface area contributed by atoms with E-state index in [-0.39, 0.29) is 6.61 Å². The number of benzene rings is 1. The zero-order valence-electron chi connectivity index (χ0n) is 15.9. The number of hydrogen-bond donors (Lipinski definition) is 1. The normalized spacial score (nSPS) is 10.7. The molecule has 3 aromatic heterocycles. The zero-order valence-corrected chi connectivity index (χ0v) is 15.9. The minimum atomic E-state index is 0.127. The molecule has 0 saturated carbocycles. The molecular weight excluding hydrogens is 362 g/mol. The van der Waals surface area contributed by atoms with E-state index in [4.69, 9.17) is 14.8 Å². The average Bonchev–Trinajstić information content (AvgIpc) is 2.80. The van der Waals surface area contributed by atoms with Crippen molar-refractivity contribution in [2.75, 3.05) is 13.2 Å². The van der Waals surface area contributed by atoms with Crippen LogP contribution in [-0.2, 0) is 0 Å². The van der Waals surface area contributed by atoms with Gasteiger partial charge in [0, 0.05) is 25.4 Å². The second-order valence-electron chi connectivity index (χ2n) is 6.51. The van der Waals surface area contributed by atoms with E-state index in [0.29, 0.717) is 13.0 Å². The van der Waals surface area contributed by atoms with Gasteiger partial charge in [-0.3, -0.25) is 9.97 Å². The predicted octanol–water partition coefficient (Wildman–Crippen LogP) is 4.63. The molecule has 0 bridgehead atoms. The molecule has 3 heterocycles. The van der Waals surface area contributed by atoms with Crippen molar-refractivity contribution >= 4 is 0 Å². The van der Waals surface area contributed by atoms with Crippen molar-refractivity contribution in [3.05, 3.63) is 85.2 Å². The van der Waals surface area contributed by atoms with E-state index in [1.165, 1.54) is 0 Å². The molecule has 0 spiro atoms. The van der Waals surface area contributed by atoms with Gasteiger partial charge in [-0.1, -0.05) is 24.3 Å². The van der Waals surface area contributed by atoms with Crippen molar-refractivity contribution in [3.8, 4) is 39.7 Å². The van der Waals surface area contributed by atoms with E-state index >= 15 is 0 Å². The fraction of sp³-hybridized carbons (Fsp3) is 0.125. The number of ether oxygens (including phenoxy) is 1. The standard InChI is InChI=1S/C24H21N3O2/c28-14-5-15-29-20-10-8-18(9-11-20)19-16-23(21-6-1-3-12-25-21)27-24(17-19)22-7-2-4-13-26-22/h1-4,6-13,16-17,28H,5,14-15H2. The topological polar surface area (TPSA) is 68.1 Å². The molecule has 5 nitrogen and oxygen atoms in total. The van der Waals surface area contributed by atoms with Gasteiger partial charge in [-0.15, -0.1) is 0 Å². The lowest BCUT2D eigenvalue weighted by molar-refractivity contribution is 0.233. The first kappa shape index (κ1) is 18.8. The first-order valence-electron chi connectivity index (χ1n) is 9.52. The minimum absolute atomic E-state index is 0.127. The number of nitrogens with zero attached hydrogens (tertiary/aromatic N) is 3. The third-order valence-electron chi connectivity index (χ3n) is 4.44. The fourth-order valence-corrected chi connectivity index (χ4v) is 2.99. The van der Waals surface area contributed by atoms with Crippen LogP contribution in [0, 0.1) is 0 Å². The Bertz CT molecular complexity index is 995. The lowest BCUT2D eigenvalue weighted by atomic mass is 10.0. The van der Waals surface area contributed by atoms with Gasteiger partial charge in [0.2, 0.25) is 0 Å². The van der Waals surface area contributed by atoms with Crippen molar-refractivity contribution in [2.45, 2.75) is 6.42 Å². The van der Waals surface area contributed by atoms with Gasteiger partial charge in [-0.05, 0) is 59.7 Å². The maximum absolute atomic E-state index is 8.88. The highest BCUT2D eigenvalue weighted by Crippen LogP contribution is 2.29. The van der Waals surface area contributed by atoms with E-state index in [9.17, 15) is 0 Å². The van der Waals surface area contributed by atoms with Crippen LogP contribution in [0.2, 0.25) is 0 Å². The number of aromatic nitrogens is 3. The molecule has 0 atom stereocenters. The third kappa shape index (κ3) is 4.65. The molecule has 0 aliphatic carbocycles. The molecule has 1 N–H and O–H groups in total. The van der Waals surface area contributed by atoms with Gasteiger partial charge in [0.15, 0.2) is 0 Å². The Morgan fingerprint density at radius 2 is 1.31 bits per heavy atom. The van der Waals surface area contributed by atoms with E-state index in [1.807, 2.05) is 72.8 Å². The van der Waals surface area contributed by atoms with Crippen LogP contribution in [0.1, 0.15) is 6.42 Å². The van der Waals surface area contributed by atoms with Crippen LogP contribution in [-0.4, -0.2) is 33.3 Å². The quantitative estimate of drug-likeness (QED) is 0.471. The molecule has 144 valence electrons. The molecule has 1 aromatic carbocycles. The third-order valence-corrected chi connectivity index (χ3v) is 4.44. The predicted molar refractivity (Wildman–Crippen MR) is 113 cm³/mol. The lowest BCUT2D eigenvalue weighted by Crippen LogP contribution is -1.99. The van der Waals surface area contributed by atoms with Gasteiger partial charge in [0.1, 0.15) is 5.75 Å². The van der Waals surface area contributed by atoms with E-state index in [2.05, 4.69) is 9.97 Å². The summed E-state index contributed by atoms with van der Waals surface area (Å²) >= 11 is 0. The molecule has 0 aliphatic heterocycles. The van der Waals surface area contributed by atoms with E-state index < -0.39 is 0 Å². The van der Waals surface area contributed by atoms with Crippen LogP contribution in [0.15, 0.2) is 85.2 Å². The van der Waals surface area contributed by atoms with Crippen LogP contribution in [0.25, 0.3) is 33.9 Å². The van der Waals surface area contributed by atoms with Gasteiger partial charge in [0.05, 0.1) is 29.4 Å². The number of aliphatic hydroxyl groups is 1. The molecule has 0 unspecified atom stereocenters. The van der Waals surface area contributed by atoms with Crippen LogP contribution in [0.3, 0.4) is 0 Å². The van der Waals surface area contributed by atoms with E-state index in [0.717, 1.165) is 39.7 Å². The Morgan fingerprint density at radius 1 is 0.690 bits per heavy atom. The van der Waals surface area contributed by atoms with Gasteiger partial charge in [-0.25, -0.2) is 4.98 Å². The Hall–Kier alpha value is -3.57.